The molecule has 4 rings (SSSR count). The van der Waals surface area contributed by atoms with Crippen molar-refractivity contribution in [2.45, 2.75) is 25.8 Å². The Kier molecular flexibility index (Phi) is 5.76. The molecule has 2 aromatic carbocycles. The maximum absolute atomic E-state index is 12.6. The number of nitrogens with one attached hydrogen (secondary N) is 1. The average Bonchev–Trinajstić information content (AvgIpc) is 3.12. The van der Waals surface area contributed by atoms with E-state index in [1.165, 1.54) is 0 Å². The number of fused-ring (bicyclic) bond motifs is 1. The molecule has 0 radical (unpaired) electrons. The summed E-state index contributed by atoms with van der Waals surface area (Å²) >= 11 is 3.48. The Labute approximate surface area is 178 Å². The molecule has 0 aliphatic rings. The molecule has 1 amide bonds. The number of hydrogen-bond donors (Lipinski definition) is 1. The minimum Gasteiger partial charge on any atom is -0.350 e. The van der Waals surface area contributed by atoms with Gasteiger partial charge in [0, 0.05) is 22.7 Å². The highest BCUT2D eigenvalue weighted by atomic mass is 79.9. The Bertz CT molecular complexity index is 1120. The number of carbonyl (C=O) groups is 1. The summed E-state index contributed by atoms with van der Waals surface area (Å²) in [5.41, 5.74) is 5.01. The Morgan fingerprint density at radius 1 is 1.03 bits per heavy atom. The van der Waals surface area contributed by atoms with Gasteiger partial charge in [-0.25, -0.2) is 4.98 Å². The lowest BCUT2D eigenvalue weighted by Gasteiger charge is -2.14. The van der Waals surface area contributed by atoms with Gasteiger partial charge < -0.3 is 9.72 Å². The molecule has 2 aromatic heterocycles. The van der Waals surface area contributed by atoms with Crippen molar-refractivity contribution in [1.29, 1.82) is 0 Å². The maximum Gasteiger partial charge on any atom is 0.220 e. The van der Waals surface area contributed by atoms with Gasteiger partial charge in [0.25, 0.3) is 0 Å². The topological polar surface area (TPSA) is 46.4 Å². The molecule has 0 fully saturated rings. The number of amides is 1. The van der Waals surface area contributed by atoms with Crippen LogP contribution in [0.2, 0.25) is 0 Å². The Morgan fingerprint density at radius 2 is 1.76 bits per heavy atom. The van der Waals surface area contributed by atoms with Gasteiger partial charge in [-0.05, 0) is 43.2 Å². The zero-order chi connectivity index (χ0) is 20.2. The van der Waals surface area contributed by atoms with E-state index in [-0.39, 0.29) is 11.9 Å². The van der Waals surface area contributed by atoms with E-state index in [4.69, 9.17) is 4.98 Å². The van der Waals surface area contributed by atoms with Crippen molar-refractivity contribution in [2.75, 3.05) is 0 Å². The van der Waals surface area contributed by atoms with Crippen LogP contribution in [0.4, 0.5) is 0 Å². The van der Waals surface area contributed by atoms with Gasteiger partial charge in [0.2, 0.25) is 5.91 Å². The van der Waals surface area contributed by atoms with Crippen LogP contribution >= 0.6 is 15.9 Å². The van der Waals surface area contributed by atoms with Crippen molar-refractivity contribution in [1.82, 2.24) is 14.7 Å². The third-order valence-corrected chi connectivity index (χ3v) is 5.54. The van der Waals surface area contributed by atoms with Crippen LogP contribution in [-0.4, -0.2) is 15.3 Å². The predicted octanol–water partition coefficient (Wildman–Crippen LogP) is 5.57. The van der Waals surface area contributed by atoms with Crippen LogP contribution in [0.1, 0.15) is 30.6 Å². The minimum atomic E-state index is -0.0168. The fourth-order valence-electron chi connectivity index (χ4n) is 3.50. The SMILES string of the molecule is C[C@H](NC(=O)CCc1c(-c2ccc(Br)cc2)nc2ccccn12)c1ccccc1. The molecule has 2 heterocycles. The highest BCUT2D eigenvalue weighted by Crippen LogP contribution is 2.27. The summed E-state index contributed by atoms with van der Waals surface area (Å²) in [5.74, 6) is 0.0361. The number of hydrogen-bond acceptors (Lipinski definition) is 2. The molecule has 1 atom stereocenters. The highest BCUT2D eigenvalue weighted by molar-refractivity contribution is 9.10. The zero-order valence-electron chi connectivity index (χ0n) is 16.2. The third kappa shape index (κ3) is 4.40. The molecule has 5 heteroatoms. The number of rotatable bonds is 6. The van der Waals surface area contributed by atoms with Gasteiger partial charge in [-0.2, -0.15) is 0 Å². The van der Waals surface area contributed by atoms with E-state index in [1.54, 1.807) is 0 Å². The van der Waals surface area contributed by atoms with Crippen molar-refractivity contribution in [3.05, 3.63) is 94.7 Å². The monoisotopic (exact) mass is 447 g/mol. The first-order chi connectivity index (χ1) is 14.1. The van der Waals surface area contributed by atoms with E-state index in [2.05, 4.69) is 25.6 Å². The number of halogens is 1. The molecule has 4 nitrogen and oxygen atoms in total. The first-order valence-corrected chi connectivity index (χ1v) is 10.5. The van der Waals surface area contributed by atoms with E-state index in [0.29, 0.717) is 12.8 Å². The van der Waals surface area contributed by atoms with Gasteiger partial charge in [0.1, 0.15) is 5.65 Å². The van der Waals surface area contributed by atoms with Gasteiger partial charge in [-0.1, -0.05) is 64.5 Å². The number of aryl methyl sites for hydroxylation is 1. The third-order valence-electron chi connectivity index (χ3n) is 5.01. The Hall–Kier alpha value is -2.92. The fourth-order valence-corrected chi connectivity index (χ4v) is 3.76. The van der Waals surface area contributed by atoms with Crippen LogP contribution in [0.3, 0.4) is 0 Å². The number of nitrogens with zero attached hydrogens (tertiary/aromatic N) is 2. The molecule has 0 saturated heterocycles. The quantitative estimate of drug-likeness (QED) is 0.419. The summed E-state index contributed by atoms with van der Waals surface area (Å²) in [7, 11) is 0. The van der Waals surface area contributed by atoms with Crippen LogP contribution in [0.15, 0.2) is 83.5 Å². The van der Waals surface area contributed by atoms with Crippen LogP contribution in [0.25, 0.3) is 16.9 Å². The molecule has 0 saturated carbocycles. The molecule has 146 valence electrons. The Morgan fingerprint density at radius 3 is 2.52 bits per heavy atom. The van der Waals surface area contributed by atoms with E-state index >= 15 is 0 Å². The fraction of sp³-hybridized carbons (Fsp3) is 0.167. The van der Waals surface area contributed by atoms with Crippen molar-refractivity contribution in [3.63, 3.8) is 0 Å². The van der Waals surface area contributed by atoms with E-state index in [9.17, 15) is 4.79 Å². The summed E-state index contributed by atoms with van der Waals surface area (Å²) < 4.78 is 3.10. The first-order valence-electron chi connectivity index (χ1n) is 9.68. The molecule has 4 aromatic rings. The molecule has 29 heavy (non-hydrogen) atoms. The van der Waals surface area contributed by atoms with E-state index < -0.39 is 0 Å². The van der Waals surface area contributed by atoms with E-state index in [0.717, 1.165) is 32.6 Å². The standard InChI is InChI=1S/C24H22BrN3O/c1-17(18-7-3-2-4-8-18)26-23(29)15-14-21-24(19-10-12-20(25)13-11-19)27-22-9-5-6-16-28(21)22/h2-13,16-17H,14-15H2,1H3,(H,26,29)/t17-/m0/s1. The number of pyridine rings is 1. The van der Waals surface area contributed by atoms with Crippen LogP contribution < -0.4 is 5.32 Å². The molecule has 0 spiro atoms. The summed E-state index contributed by atoms with van der Waals surface area (Å²) in [6.07, 6.45) is 3.03. The second-order valence-electron chi connectivity index (χ2n) is 7.04. The van der Waals surface area contributed by atoms with Crippen molar-refractivity contribution in [3.8, 4) is 11.3 Å². The lowest BCUT2D eigenvalue weighted by atomic mass is 10.1. The van der Waals surface area contributed by atoms with Gasteiger partial charge in [-0.15, -0.1) is 0 Å². The second kappa shape index (κ2) is 8.62. The van der Waals surface area contributed by atoms with Crippen molar-refractivity contribution >= 4 is 27.5 Å². The van der Waals surface area contributed by atoms with Crippen LogP contribution in [0.5, 0.6) is 0 Å². The van der Waals surface area contributed by atoms with Gasteiger partial charge >= 0.3 is 0 Å². The highest BCUT2D eigenvalue weighted by Gasteiger charge is 2.16. The summed E-state index contributed by atoms with van der Waals surface area (Å²) in [5, 5.41) is 3.10. The largest absolute Gasteiger partial charge is 0.350 e. The molecule has 1 N–H and O–H groups in total. The smallest absolute Gasteiger partial charge is 0.220 e. The maximum atomic E-state index is 12.6. The summed E-state index contributed by atoms with van der Waals surface area (Å²) in [4.78, 5) is 17.4. The molecular weight excluding hydrogens is 426 g/mol. The van der Waals surface area contributed by atoms with Crippen LogP contribution in [-0.2, 0) is 11.2 Å². The van der Waals surface area contributed by atoms with Gasteiger partial charge in [-0.3, -0.25) is 4.79 Å². The molecule has 0 unspecified atom stereocenters. The van der Waals surface area contributed by atoms with E-state index in [1.807, 2.05) is 85.9 Å². The molecule has 0 aliphatic heterocycles. The number of carbonyl (C=O) groups excluding carboxylic acids is 1. The summed E-state index contributed by atoms with van der Waals surface area (Å²) in [6.45, 7) is 2.01. The number of imidazole rings is 1. The lowest BCUT2D eigenvalue weighted by Crippen LogP contribution is -2.26. The number of aromatic nitrogens is 2. The van der Waals surface area contributed by atoms with Crippen molar-refractivity contribution in [2.24, 2.45) is 0 Å². The zero-order valence-corrected chi connectivity index (χ0v) is 17.8. The van der Waals surface area contributed by atoms with Gasteiger partial charge in [0.15, 0.2) is 0 Å². The minimum absolute atomic E-state index is 0.0168. The predicted molar refractivity (Wildman–Crippen MR) is 120 cm³/mol. The van der Waals surface area contributed by atoms with Crippen LogP contribution in [0, 0.1) is 0 Å². The second-order valence-corrected chi connectivity index (χ2v) is 7.96. The average molecular weight is 448 g/mol. The summed E-state index contributed by atoms with van der Waals surface area (Å²) in [6, 6.07) is 24.1. The Balaban J connectivity index is 1.55. The lowest BCUT2D eigenvalue weighted by molar-refractivity contribution is -0.121. The molecule has 0 aliphatic carbocycles. The number of benzene rings is 2. The van der Waals surface area contributed by atoms with Gasteiger partial charge in [0.05, 0.1) is 17.4 Å². The normalized spacial score (nSPS) is 12.1. The molecular formula is C24H22BrN3O. The first kappa shape index (κ1) is 19.4. The molecule has 0 bridgehead atoms. The van der Waals surface area contributed by atoms with Crippen molar-refractivity contribution < 1.29 is 4.79 Å².